The van der Waals surface area contributed by atoms with Gasteiger partial charge in [0.05, 0.1) is 5.69 Å². The van der Waals surface area contributed by atoms with E-state index in [1.165, 1.54) is 0 Å². The summed E-state index contributed by atoms with van der Waals surface area (Å²) in [6, 6.07) is 0.182. The molecule has 0 saturated heterocycles. The summed E-state index contributed by atoms with van der Waals surface area (Å²) in [5.74, 6) is 1.90. The van der Waals surface area contributed by atoms with Crippen molar-refractivity contribution in [3.8, 4) is 0 Å². The third kappa shape index (κ3) is 2.91. The van der Waals surface area contributed by atoms with Crippen molar-refractivity contribution >= 4 is 5.91 Å². The summed E-state index contributed by atoms with van der Waals surface area (Å²) in [6.07, 6.45) is 6.31. The predicted octanol–water partition coefficient (Wildman–Crippen LogP) is 1.80. The van der Waals surface area contributed by atoms with E-state index >= 15 is 0 Å². The molecule has 1 aliphatic heterocycles. The van der Waals surface area contributed by atoms with Gasteiger partial charge in [-0.1, -0.05) is 12.1 Å². The monoisotopic (exact) mass is 302 g/mol. The molecule has 2 aromatic heterocycles. The minimum Gasteiger partial charge on any atom is -0.361 e. The summed E-state index contributed by atoms with van der Waals surface area (Å²) >= 11 is 0. The van der Waals surface area contributed by atoms with E-state index < -0.39 is 0 Å². The Hall–Kier alpha value is -2.11. The normalized spacial score (nSPS) is 18.8. The van der Waals surface area contributed by atoms with E-state index in [0.29, 0.717) is 6.42 Å². The largest absolute Gasteiger partial charge is 0.361 e. The van der Waals surface area contributed by atoms with Gasteiger partial charge in [-0.25, -0.2) is 4.98 Å². The standard InChI is InChI=1S/C16H22N4O2/c1-10(8-14-11(2)19-22-12(14)3)16(21)18-13-4-5-15-17-6-7-20(15)9-13/h6-7,10,13H,4-5,8-9H2,1-3H3,(H,18,21). The van der Waals surface area contributed by atoms with Gasteiger partial charge in [-0.3, -0.25) is 4.79 Å². The Morgan fingerprint density at radius 3 is 3.09 bits per heavy atom. The average Bonchev–Trinajstić information content (AvgIpc) is 3.08. The van der Waals surface area contributed by atoms with Crippen LogP contribution in [0.15, 0.2) is 16.9 Å². The number of nitrogens with zero attached hydrogens (tertiary/aromatic N) is 3. The van der Waals surface area contributed by atoms with Gasteiger partial charge in [0.15, 0.2) is 0 Å². The van der Waals surface area contributed by atoms with E-state index in [1.54, 1.807) is 0 Å². The maximum atomic E-state index is 12.4. The number of aromatic nitrogens is 3. The molecule has 0 aliphatic carbocycles. The molecule has 3 heterocycles. The highest BCUT2D eigenvalue weighted by Gasteiger charge is 2.24. The number of fused-ring (bicyclic) bond motifs is 1. The molecule has 2 atom stereocenters. The third-order valence-corrected chi connectivity index (χ3v) is 4.42. The zero-order chi connectivity index (χ0) is 15.7. The zero-order valence-electron chi connectivity index (χ0n) is 13.3. The SMILES string of the molecule is Cc1noc(C)c1CC(C)C(=O)NC1CCc2nccn2C1. The van der Waals surface area contributed by atoms with Crippen molar-refractivity contribution < 1.29 is 9.32 Å². The number of amides is 1. The van der Waals surface area contributed by atoms with Crippen molar-refractivity contribution in [2.24, 2.45) is 5.92 Å². The van der Waals surface area contributed by atoms with Crippen molar-refractivity contribution in [3.05, 3.63) is 35.2 Å². The van der Waals surface area contributed by atoms with Gasteiger partial charge in [0.25, 0.3) is 0 Å². The van der Waals surface area contributed by atoms with Crippen LogP contribution in [0.25, 0.3) is 0 Å². The summed E-state index contributed by atoms with van der Waals surface area (Å²) in [7, 11) is 0. The second-order valence-corrected chi connectivity index (χ2v) is 6.15. The van der Waals surface area contributed by atoms with Crippen molar-refractivity contribution in [1.82, 2.24) is 20.0 Å². The lowest BCUT2D eigenvalue weighted by Gasteiger charge is -2.26. The first-order valence-electron chi connectivity index (χ1n) is 7.76. The molecule has 1 N–H and O–H groups in total. The van der Waals surface area contributed by atoms with E-state index in [1.807, 2.05) is 33.2 Å². The molecule has 22 heavy (non-hydrogen) atoms. The van der Waals surface area contributed by atoms with Gasteiger partial charge in [0.1, 0.15) is 11.6 Å². The number of carbonyl (C=O) groups excluding carboxylic acids is 1. The predicted molar refractivity (Wildman–Crippen MR) is 81.3 cm³/mol. The summed E-state index contributed by atoms with van der Waals surface area (Å²) in [4.78, 5) is 16.7. The second kappa shape index (κ2) is 5.94. The lowest BCUT2D eigenvalue weighted by atomic mass is 9.98. The fraction of sp³-hybridized carbons (Fsp3) is 0.562. The molecule has 0 fully saturated rings. The smallest absolute Gasteiger partial charge is 0.223 e. The van der Waals surface area contributed by atoms with Gasteiger partial charge < -0.3 is 14.4 Å². The molecule has 0 saturated carbocycles. The van der Waals surface area contributed by atoms with Gasteiger partial charge in [-0.05, 0) is 26.7 Å². The molecule has 1 aliphatic rings. The molecule has 2 aromatic rings. The zero-order valence-corrected chi connectivity index (χ0v) is 13.3. The lowest BCUT2D eigenvalue weighted by molar-refractivity contribution is -0.125. The van der Waals surface area contributed by atoms with Crippen molar-refractivity contribution in [2.75, 3.05) is 0 Å². The molecular formula is C16H22N4O2. The number of hydrogen-bond acceptors (Lipinski definition) is 4. The van der Waals surface area contributed by atoms with E-state index in [4.69, 9.17) is 4.52 Å². The van der Waals surface area contributed by atoms with Crippen molar-refractivity contribution in [2.45, 2.75) is 52.6 Å². The molecule has 2 unspecified atom stereocenters. The van der Waals surface area contributed by atoms with Gasteiger partial charge >= 0.3 is 0 Å². The van der Waals surface area contributed by atoms with Crippen LogP contribution in [0.5, 0.6) is 0 Å². The summed E-state index contributed by atoms with van der Waals surface area (Å²) in [6.45, 7) is 6.56. The third-order valence-electron chi connectivity index (χ3n) is 4.42. The summed E-state index contributed by atoms with van der Waals surface area (Å²) in [5.41, 5.74) is 1.92. The van der Waals surface area contributed by atoms with Crippen LogP contribution in [0.4, 0.5) is 0 Å². The number of imidazole rings is 1. The van der Waals surface area contributed by atoms with Crippen molar-refractivity contribution in [1.29, 1.82) is 0 Å². The Morgan fingerprint density at radius 2 is 2.36 bits per heavy atom. The van der Waals surface area contributed by atoms with Gasteiger partial charge in [-0.15, -0.1) is 0 Å². The fourth-order valence-corrected chi connectivity index (χ4v) is 3.02. The van der Waals surface area contributed by atoms with E-state index in [9.17, 15) is 4.79 Å². The minimum absolute atomic E-state index is 0.0913. The number of carbonyl (C=O) groups is 1. The van der Waals surface area contributed by atoms with Crippen LogP contribution >= 0.6 is 0 Å². The maximum Gasteiger partial charge on any atom is 0.223 e. The molecule has 118 valence electrons. The van der Waals surface area contributed by atoms with E-state index in [2.05, 4.69) is 20.0 Å². The Morgan fingerprint density at radius 1 is 1.55 bits per heavy atom. The first-order chi connectivity index (χ1) is 10.5. The average molecular weight is 302 g/mol. The fourth-order valence-electron chi connectivity index (χ4n) is 3.02. The number of hydrogen-bond donors (Lipinski definition) is 1. The Labute approximate surface area is 129 Å². The molecule has 0 bridgehead atoms. The number of rotatable bonds is 4. The van der Waals surface area contributed by atoms with E-state index in [0.717, 1.165) is 42.2 Å². The van der Waals surface area contributed by atoms with Crippen LogP contribution in [0.2, 0.25) is 0 Å². The van der Waals surface area contributed by atoms with Crippen LogP contribution in [0, 0.1) is 19.8 Å². The Balaban J connectivity index is 1.58. The van der Waals surface area contributed by atoms with E-state index in [-0.39, 0.29) is 17.9 Å². The van der Waals surface area contributed by atoms with Gasteiger partial charge in [0.2, 0.25) is 5.91 Å². The molecule has 6 nitrogen and oxygen atoms in total. The first kappa shape index (κ1) is 14.8. The quantitative estimate of drug-likeness (QED) is 0.934. The van der Waals surface area contributed by atoms with Crippen LogP contribution in [0.3, 0.4) is 0 Å². The minimum atomic E-state index is -0.0963. The molecular weight excluding hydrogens is 280 g/mol. The highest BCUT2D eigenvalue weighted by atomic mass is 16.5. The number of aryl methyl sites for hydroxylation is 3. The first-order valence-corrected chi connectivity index (χ1v) is 7.76. The Kier molecular flexibility index (Phi) is 4.00. The molecule has 0 radical (unpaired) electrons. The molecule has 1 amide bonds. The number of nitrogens with one attached hydrogen (secondary N) is 1. The van der Waals surface area contributed by atoms with Crippen LogP contribution < -0.4 is 5.32 Å². The topological polar surface area (TPSA) is 73.0 Å². The highest BCUT2D eigenvalue weighted by molar-refractivity contribution is 5.79. The van der Waals surface area contributed by atoms with Gasteiger partial charge in [0, 0.05) is 42.9 Å². The van der Waals surface area contributed by atoms with Gasteiger partial charge in [-0.2, -0.15) is 0 Å². The molecule has 0 spiro atoms. The van der Waals surface area contributed by atoms with Crippen LogP contribution in [-0.2, 0) is 24.2 Å². The Bertz CT molecular complexity index is 654. The summed E-state index contributed by atoms with van der Waals surface area (Å²) < 4.78 is 7.28. The lowest BCUT2D eigenvalue weighted by Crippen LogP contribution is -2.43. The summed E-state index contributed by atoms with van der Waals surface area (Å²) in [5, 5.41) is 7.11. The second-order valence-electron chi connectivity index (χ2n) is 6.15. The van der Waals surface area contributed by atoms with Crippen molar-refractivity contribution in [3.63, 3.8) is 0 Å². The van der Waals surface area contributed by atoms with Crippen LogP contribution in [0.1, 0.15) is 36.2 Å². The molecule has 3 rings (SSSR count). The molecule has 6 heteroatoms. The highest BCUT2D eigenvalue weighted by Crippen LogP contribution is 2.18. The molecule has 0 aromatic carbocycles. The maximum absolute atomic E-state index is 12.4. The van der Waals surface area contributed by atoms with Crippen LogP contribution in [-0.4, -0.2) is 26.7 Å².